The van der Waals surface area contributed by atoms with E-state index in [9.17, 15) is 0 Å². The normalized spacial score (nSPS) is 11.0. The van der Waals surface area contributed by atoms with E-state index < -0.39 is 0 Å². The van der Waals surface area contributed by atoms with Gasteiger partial charge in [-0.2, -0.15) is 0 Å². The van der Waals surface area contributed by atoms with Crippen LogP contribution in [0.15, 0.2) is 30.3 Å². The molecule has 0 heterocycles. The molecule has 17 heavy (non-hydrogen) atoms. The molecular weight excluding hydrogens is 206 g/mol. The molecule has 0 fully saturated rings. The highest BCUT2D eigenvalue weighted by Crippen LogP contribution is 2.09. The molecule has 0 aliphatic carbocycles. The fourth-order valence-electron chi connectivity index (χ4n) is 1.98. The Morgan fingerprint density at radius 3 is 2.35 bits per heavy atom. The van der Waals surface area contributed by atoms with Crippen LogP contribution in [0.2, 0.25) is 0 Å². The second-order valence-corrected chi connectivity index (χ2v) is 5.26. The fraction of sp³-hybridized carbons (Fsp3) is 0.625. The van der Waals surface area contributed by atoms with E-state index in [4.69, 9.17) is 0 Å². The first-order chi connectivity index (χ1) is 8.29. The standard InChI is InChI=1S/C16H27N/c1-15(2)10-6-3-4-9-13-17-14-16-11-7-5-8-12-16/h5,7-8,11-12,15,17H,3-4,6,9-10,13-14H2,1-2H3. The Balaban J connectivity index is 1.88. The van der Waals surface area contributed by atoms with E-state index >= 15 is 0 Å². The van der Waals surface area contributed by atoms with Crippen LogP contribution in [-0.2, 0) is 6.54 Å². The number of benzene rings is 1. The molecule has 0 aliphatic rings. The molecule has 0 aliphatic heterocycles. The number of hydrogen-bond donors (Lipinski definition) is 1. The zero-order chi connectivity index (χ0) is 12.3. The Hall–Kier alpha value is -0.820. The lowest BCUT2D eigenvalue weighted by atomic mass is 10.0. The van der Waals surface area contributed by atoms with Crippen molar-refractivity contribution in [3.63, 3.8) is 0 Å². The van der Waals surface area contributed by atoms with Gasteiger partial charge in [0.1, 0.15) is 0 Å². The van der Waals surface area contributed by atoms with Crippen LogP contribution in [0.25, 0.3) is 0 Å². The van der Waals surface area contributed by atoms with Crippen LogP contribution < -0.4 is 5.32 Å². The third-order valence-electron chi connectivity index (χ3n) is 3.06. The summed E-state index contributed by atoms with van der Waals surface area (Å²) in [5.41, 5.74) is 1.38. The monoisotopic (exact) mass is 233 g/mol. The van der Waals surface area contributed by atoms with Gasteiger partial charge in [0.25, 0.3) is 0 Å². The molecule has 0 saturated carbocycles. The van der Waals surface area contributed by atoms with Gasteiger partial charge in [-0.1, -0.05) is 69.9 Å². The van der Waals surface area contributed by atoms with Crippen molar-refractivity contribution in [2.24, 2.45) is 5.92 Å². The second-order valence-electron chi connectivity index (χ2n) is 5.26. The Morgan fingerprint density at radius 1 is 0.941 bits per heavy atom. The molecule has 0 aromatic heterocycles. The molecule has 0 atom stereocenters. The predicted molar refractivity (Wildman–Crippen MR) is 76.1 cm³/mol. The van der Waals surface area contributed by atoms with Gasteiger partial charge in [-0.15, -0.1) is 0 Å². The Bertz CT molecular complexity index is 266. The molecule has 1 aromatic rings. The van der Waals surface area contributed by atoms with E-state index in [0.717, 1.165) is 19.0 Å². The van der Waals surface area contributed by atoms with Gasteiger partial charge in [-0.05, 0) is 24.4 Å². The van der Waals surface area contributed by atoms with E-state index in [1.807, 2.05) is 0 Å². The highest BCUT2D eigenvalue weighted by molar-refractivity contribution is 5.14. The molecule has 0 unspecified atom stereocenters. The Labute approximate surface area is 107 Å². The largest absolute Gasteiger partial charge is 0.313 e. The molecule has 0 radical (unpaired) electrons. The quantitative estimate of drug-likeness (QED) is 0.624. The summed E-state index contributed by atoms with van der Waals surface area (Å²) in [7, 11) is 0. The van der Waals surface area contributed by atoms with Gasteiger partial charge in [-0.3, -0.25) is 0 Å². The van der Waals surface area contributed by atoms with Gasteiger partial charge in [0.05, 0.1) is 0 Å². The van der Waals surface area contributed by atoms with Gasteiger partial charge >= 0.3 is 0 Å². The van der Waals surface area contributed by atoms with Crippen molar-refractivity contribution in [3.05, 3.63) is 35.9 Å². The summed E-state index contributed by atoms with van der Waals surface area (Å²) >= 11 is 0. The highest BCUT2D eigenvalue weighted by Gasteiger charge is 1.95. The number of rotatable bonds is 9. The third kappa shape index (κ3) is 7.98. The van der Waals surface area contributed by atoms with E-state index in [1.54, 1.807) is 0 Å². The maximum absolute atomic E-state index is 3.50. The number of nitrogens with one attached hydrogen (secondary N) is 1. The summed E-state index contributed by atoms with van der Waals surface area (Å²) in [6.45, 7) is 6.77. The van der Waals surface area contributed by atoms with E-state index in [-0.39, 0.29) is 0 Å². The van der Waals surface area contributed by atoms with Gasteiger partial charge in [0.2, 0.25) is 0 Å². The summed E-state index contributed by atoms with van der Waals surface area (Å²) in [5, 5.41) is 3.50. The predicted octanol–water partition coefficient (Wildman–Crippen LogP) is 4.38. The highest BCUT2D eigenvalue weighted by atomic mass is 14.8. The lowest BCUT2D eigenvalue weighted by molar-refractivity contribution is 0.512. The van der Waals surface area contributed by atoms with Crippen LogP contribution in [0.5, 0.6) is 0 Å². The molecule has 96 valence electrons. The Morgan fingerprint density at radius 2 is 1.65 bits per heavy atom. The van der Waals surface area contributed by atoms with Crippen LogP contribution in [0, 0.1) is 5.92 Å². The molecule has 0 saturated heterocycles. The van der Waals surface area contributed by atoms with Crippen LogP contribution in [0.1, 0.15) is 51.5 Å². The van der Waals surface area contributed by atoms with Gasteiger partial charge < -0.3 is 5.32 Å². The van der Waals surface area contributed by atoms with Crippen molar-refractivity contribution in [3.8, 4) is 0 Å². The fourth-order valence-corrected chi connectivity index (χ4v) is 1.98. The van der Waals surface area contributed by atoms with Crippen LogP contribution in [0.3, 0.4) is 0 Å². The number of unbranched alkanes of at least 4 members (excludes halogenated alkanes) is 3. The van der Waals surface area contributed by atoms with E-state index in [2.05, 4.69) is 49.5 Å². The topological polar surface area (TPSA) is 12.0 Å². The van der Waals surface area contributed by atoms with Crippen molar-refractivity contribution < 1.29 is 0 Å². The molecule has 1 rings (SSSR count). The zero-order valence-electron chi connectivity index (χ0n) is 11.4. The molecule has 0 amide bonds. The maximum atomic E-state index is 3.50. The van der Waals surface area contributed by atoms with Crippen LogP contribution >= 0.6 is 0 Å². The molecule has 1 aromatic carbocycles. The van der Waals surface area contributed by atoms with Gasteiger partial charge in [-0.25, -0.2) is 0 Å². The number of hydrogen-bond acceptors (Lipinski definition) is 1. The van der Waals surface area contributed by atoms with Crippen molar-refractivity contribution in [2.75, 3.05) is 6.54 Å². The molecule has 1 nitrogen and oxygen atoms in total. The minimum atomic E-state index is 0.867. The molecule has 1 N–H and O–H groups in total. The minimum absolute atomic E-state index is 0.867. The van der Waals surface area contributed by atoms with Crippen molar-refractivity contribution in [2.45, 2.75) is 52.5 Å². The first kappa shape index (κ1) is 14.2. The van der Waals surface area contributed by atoms with Crippen LogP contribution in [-0.4, -0.2) is 6.54 Å². The van der Waals surface area contributed by atoms with Gasteiger partial charge in [0.15, 0.2) is 0 Å². The minimum Gasteiger partial charge on any atom is -0.313 e. The SMILES string of the molecule is CC(C)CCCCCCNCc1ccccc1. The van der Waals surface area contributed by atoms with Crippen molar-refractivity contribution in [1.29, 1.82) is 0 Å². The molecule has 0 spiro atoms. The molecule has 0 bridgehead atoms. The average molecular weight is 233 g/mol. The van der Waals surface area contributed by atoms with E-state index in [0.29, 0.717) is 0 Å². The maximum Gasteiger partial charge on any atom is 0.0205 e. The van der Waals surface area contributed by atoms with Gasteiger partial charge in [0, 0.05) is 6.54 Å². The smallest absolute Gasteiger partial charge is 0.0205 e. The lowest BCUT2D eigenvalue weighted by Crippen LogP contribution is -2.14. The first-order valence-corrected chi connectivity index (χ1v) is 7.03. The summed E-state index contributed by atoms with van der Waals surface area (Å²) in [5.74, 6) is 0.867. The van der Waals surface area contributed by atoms with E-state index in [1.165, 1.54) is 37.7 Å². The second kappa shape index (κ2) is 9.23. The summed E-state index contributed by atoms with van der Waals surface area (Å²) in [6, 6.07) is 10.6. The Kier molecular flexibility index (Phi) is 7.74. The zero-order valence-corrected chi connectivity index (χ0v) is 11.4. The van der Waals surface area contributed by atoms with Crippen LogP contribution in [0.4, 0.5) is 0 Å². The molecule has 1 heteroatoms. The molecular formula is C16H27N. The average Bonchev–Trinajstić information content (AvgIpc) is 2.33. The third-order valence-corrected chi connectivity index (χ3v) is 3.06. The van der Waals surface area contributed by atoms with Crippen molar-refractivity contribution >= 4 is 0 Å². The first-order valence-electron chi connectivity index (χ1n) is 7.03. The summed E-state index contributed by atoms with van der Waals surface area (Å²) in [4.78, 5) is 0. The van der Waals surface area contributed by atoms with Crippen molar-refractivity contribution in [1.82, 2.24) is 5.32 Å². The summed E-state index contributed by atoms with van der Waals surface area (Å²) < 4.78 is 0. The summed E-state index contributed by atoms with van der Waals surface area (Å²) in [6.07, 6.45) is 6.86. The lowest BCUT2D eigenvalue weighted by Gasteiger charge is -2.06.